The van der Waals surface area contributed by atoms with E-state index < -0.39 is 5.91 Å². The second kappa shape index (κ2) is 7.59. The molecular weight excluding hydrogens is 420 g/mol. The lowest BCUT2D eigenvalue weighted by Gasteiger charge is -2.36. The van der Waals surface area contributed by atoms with E-state index in [1.807, 2.05) is 48.7 Å². The van der Waals surface area contributed by atoms with E-state index in [9.17, 15) is 9.59 Å². The Labute approximate surface area is 163 Å². The van der Waals surface area contributed by atoms with Crippen molar-refractivity contribution in [3.63, 3.8) is 0 Å². The van der Waals surface area contributed by atoms with Gasteiger partial charge < -0.3 is 0 Å². The summed E-state index contributed by atoms with van der Waals surface area (Å²) in [6.07, 6.45) is 2.39. The zero-order valence-corrected chi connectivity index (χ0v) is 16.7. The zero-order valence-electron chi connectivity index (χ0n) is 13.4. The first-order valence-corrected chi connectivity index (χ1v) is 9.82. The molecule has 0 radical (unpaired) electrons. The minimum atomic E-state index is -0.391. The van der Waals surface area contributed by atoms with Gasteiger partial charge in [-0.3, -0.25) is 19.4 Å². The van der Waals surface area contributed by atoms with Crippen LogP contribution < -0.4 is 4.90 Å². The lowest BCUT2D eigenvalue weighted by atomic mass is 10.1. The van der Waals surface area contributed by atoms with Crippen molar-refractivity contribution >= 4 is 68.2 Å². The van der Waals surface area contributed by atoms with E-state index in [0.717, 1.165) is 15.8 Å². The minimum Gasteiger partial charge on any atom is -0.284 e. The number of hydrogen-bond donors (Lipinski definition) is 0. The normalized spacial score (nSPS) is 16.9. The summed E-state index contributed by atoms with van der Waals surface area (Å²) in [6.45, 7) is 2.44. The maximum absolute atomic E-state index is 13.0. The van der Waals surface area contributed by atoms with Gasteiger partial charge in [-0.1, -0.05) is 25.1 Å². The molecule has 1 aromatic heterocycles. The Balaban J connectivity index is 2.08. The van der Waals surface area contributed by atoms with Crippen molar-refractivity contribution in [2.24, 2.45) is 0 Å². The van der Waals surface area contributed by atoms with Gasteiger partial charge in [-0.05, 0) is 58.8 Å². The topological polar surface area (TPSA) is 40.6 Å². The van der Waals surface area contributed by atoms with Crippen LogP contribution in [0.25, 0.3) is 6.08 Å². The van der Waals surface area contributed by atoms with E-state index in [1.54, 1.807) is 6.08 Å². The molecule has 128 valence electrons. The van der Waals surface area contributed by atoms with Gasteiger partial charge in [0.1, 0.15) is 5.57 Å². The van der Waals surface area contributed by atoms with Crippen LogP contribution in [-0.4, -0.2) is 28.4 Å². The highest BCUT2D eigenvalue weighted by molar-refractivity contribution is 9.10. The molecule has 0 unspecified atom stereocenters. The van der Waals surface area contributed by atoms with E-state index in [4.69, 9.17) is 12.2 Å². The number of para-hydroxylation sites is 1. The SMILES string of the molecule is CCCN1C(=O)/C(=C\c2cc(Br)cs2)C(=O)N(c2ccccc2)C1=S. The van der Waals surface area contributed by atoms with E-state index in [0.29, 0.717) is 12.2 Å². The molecule has 1 aliphatic rings. The van der Waals surface area contributed by atoms with Crippen LogP contribution >= 0.6 is 39.5 Å². The second-order valence-electron chi connectivity index (χ2n) is 5.44. The Morgan fingerprint density at radius 3 is 2.52 bits per heavy atom. The number of nitrogens with zero attached hydrogens (tertiary/aromatic N) is 2. The number of halogens is 1. The molecule has 7 heteroatoms. The van der Waals surface area contributed by atoms with Crippen molar-refractivity contribution in [2.45, 2.75) is 13.3 Å². The lowest BCUT2D eigenvalue weighted by molar-refractivity contribution is -0.127. The van der Waals surface area contributed by atoms with Gasteiger partial charge in [0.15, 0.2) is 5.11 Å². The zero-order chi connectivity index (χ0) is 18.0. The maximum atomic E-state index is 13.0. The molecule has 4 nitrogen and oxygen atoms in total. The number of thiocarbonyl (C=S) groups is 1. The molecule has 1 saturated heterocycles. The number of carbonyl (C=O) groups is 2. The molecular formula is C18H15BrN2O2S2. The summed E-state index contributed by atoms with van der Waals surface area (Å²) in [6, 6.07) is 11.0. The Morgan fingerprint density at radius 1 is 1.20 bits per heavy atom. The van der Waals surface area contributed by atoms with Crippen molar-refractivity contribution in [3.8, 4) is 0 Å². The standard InChI is InChI=1S/C18H15BrN2O2S2/c1-2-8-20-16(22)15(10-14-9-12(19)11-25-14)17(23)21(18(20)24)13-6-4-3-5-7-13/h3-7,9-11H,2,8H2,1H3/b15-10+. The van der Waals surface area contributed by atoms with Gasteiger partial charge in [0.05, 0.1) is 5.69 Å². The van der Waals surface area contributed by atoms with Crippen molar-refractivity contribution < 1.29 is 9.59 Å². The van der Waals surface area contributed by atoms with Crippen molar-refractivity contribution in [2.75, 3.05) is 11.4 Å². The molecule has 2 amide bonds. The first kappa shape index (κ1) is 18.0. The van der Waals surface area contributed by atoms with Crippen LogP contribution in [0.3, 0.4) is 0 Å². The average Bonchev–Trinajstić information content (AvgIpc) is 3.02. The molecule has 2 heterocycles. The number of amides is 2. The number of benzene rings is 1. The molecule has 0 atom stereocenters. The van der Waals surface area contributed by atoms with Crippen LogP contribution in [0.15, 0.2) is 51.8 Å². The molecule has 0 N–H and O–H groups in total. The van der Waals surface area contributed by atoms with Gasteiger partial charge in [-0.2, -0.15) is 0 Å². The van der Waals surface area contributed by atoms with E-state index in [2.05, 4.69) is 15.9 Å². The maximum Gasteiger partial charge on any atom is 0.270 e. The third-order valence-corrected chi connectivity index (χ3v) is 5.71. The largest absolute Gasteiger partial charge is 0.284 e. The van der Waals surface area contributed by atoms with Gasteiger partial charge >= 0.3 is 0 Å². The number of thiophene rings is 1. The molecule has 0 spiro atoms. The summed E-state index contributed by atoms with van der Waals surface area (Å²) < 4.78 is 0.918. The Bertz CT molecular complexity index is 861. The Hall–Kier alpha value is -1.83. The van der Waals surface area contributed by atoms with E-state index in [-0.39, 0.29) is 16.6 Å². The predicted octanol–water partition coefficient (Wildman–Crippen LogP) is 4.46. The highest BCUT2D eigenvalue weighted by Gasteiger charge is 2.39. The fraction of sp³-hybridized carbons (Fsp3) is 0.167. The molecule has 0 aliphatic carbocycles. The summed E-state index contributed by atoms with van der Waals surface area (Å²) in [4.78, 5) is 29.6. The molecule has 3 rings (SSSR count). The molecule has 1 aliphatic heterocycles. The van der Waals surface area contributed by atoms with E-state index in [1.165, 1.54) is 21.1 Å². The number of carbonyl (C=O) groups excluding carboxylic acids is 2. The van der Waals surface area contributed by atoms with Crippen LogP contribution in [0.2, 0.25) is 0 Å². The van der Waals surface area contributed by atoms with Gasteiger partial charge in [-0.25, -0.2) is 0 Å². The third-order valence-electron chi connectivity index (χ3n) is 3.67. The quantitative estimate of drug-likeness (QED) is 0.405. The molecule has 1 aromatic carbocycles. The summed E-state index contributed by atoms with van der Waals surface area (Å²) in [5.74, 6) is -0.730. The van der Waals surface area contributed by atoms with Crippen molar-refractivity contribution in [3.05, 3.63) is 56.7 Å². The molecule has 0 bridgehead atoms. The highest BCUT2D eigenvalue weighted by atomic mass is 79.9. The van der Waals surface area contributed by atoms with Crippen LogP contribution in [0, 0.1) is 0 Å². The lowest BCUT2D eigenvalue weighted by Crippen LogP contribution is -2.56. The molecule has 1 fully saturated rings. The second-order valence-corrected chi connectivity index (χ2v) is 7.66. The van der Waals surface area contributed by atoms with Crippen LogP contribution in [0.1, 0.15) is 18.2 Å². The van der Waals surface area contributed by atoms with Gasteiger partial charge in [-0.15, -0.1) is 11.3 Å². The Morgan fingerprint density at radius 2 is 1.92 bits per heavy atom. The molecule has 25 heavy (non-hydrogen) atoms. The summed E-state index contributed by atoms with van der Waals surface area (Å²) in [5, 5.41) is 2.14. The average molecular weight is 435 g/mol. The third kappa shape index (κ3) is 3.58. The summed E-state index contributed by atoms with van der Waals surface area (Å²) in [7, 11) is 0. The van der Waals surface area contributed by atoms with Crippen LogP contribution in [-0.2, 0) is 9.59 Å². The van der Waals surface area contributed by atoms with Crippen molar-refractivity contribution in [1.29, 1.82) is 0 Å². The Kier molecular flexibility index (Phi) is 5.46. The number of hydrogen-bond acceptors (Lipinski definition) is 4. The first-order chi connectivity index (χ1) is 12.0. The smallest absolute Gasteiger partial charge is 0.270 e. The molecule has 0 saturated carbocycles. The van der Waals surface area contributed by atoms with Gasteiger partial charge in [0.2, 0.25) is 0 Å². The number of anilines is 1. The van der Waals surface area contributed by atoms with E-state index >= 15 is 0 Å². The summed E-state index contributed by atoms with van der Waals surface area (Å²) in [5.41, 5.74) is 0.782. The monoisotopic (exact) mass is 434 g/mol. The van der Waals surface area contributed by atoms with Crippen LogP contribution in [0.4, 0.5) is 5.69 Å². The van der Waals surface area contributed by atoms with Crippen LogP contribution in [0.5, 0.6) is 0 Å². The highest BCUT2D eigenvalue weighted by Crippen LogP contribution is 2.28. The molecule has 2 aromatic rings. The van der Waals surface area contributed by atoms with Gasteiger partial charge in [0.25, 0.3) is 11.8 Å². The fourth-order valence-corrected chi connectivity index (χ4v) is 4.29. The van der Waals surface area contributed by atoms with Crippen molar-refractivity contribution in [1.82, 2.24) is 4.90 Å². The summed E-state index contributed by atoms with van der Waals surface area (Å²) >= 11 is 10.3. The minimum absolute atomic E-state index is 0.125. The van der Waals surface area contributed by atoms with Gasteiger partial charge in [0, 0.05) is 21.3 Å². The fourth-order valence-electron chi connectivity index (χ4n) is 2.55. The number of rotatable bonds is 4. The first-order valence-electron chi connectivity index (χ1n) is 7.74. The predicted molar refractivity (Wildman–Crippen MR) is 109 cm³/mol.